The molecule has 3 aromatic carbocycles. The number of benzene rings is 3. The van der Waals surface area contributed by atoms with Gasteiger partial charge in [-0.25, -0.2) is 4.79 Å². The number of tetrazole rings is 1. The van der Waals surface area contributed by atoms with E-state index in [2.05, 4.69) is 36.4 Å². The molecule has 0 saturated carbocycles. The molecule has 0 aliphatic rings. The van der Waals surface area contributed by atoms with Gasteiger partial charge in [0, 0.05) is 27.9 Å². The van der Waals surface area contributed by atoms with Crippen LogP contribution in [0.4, 0.5) is 10.5 Å². The van der Waals surface area contributed by atoms with Crippen LogP contribution in [0.15, 0.2) is 91.3 Å². The molecule has 5 aromatic rings. The van der Waals surface area contributed by atoms with Crippen LogP contribution < -0.4 is 10.6 Å². The predicted molar refractivity (Wildman–Crippen MR) is 163 cm³/mol. The zero-order chi connectivity index (χ0) is 30.2. The molecule has 1 atom stereocenters. The van der Waals surface area contributed by atoms with Crippen molar-refractivity contribution < 1.29 is 14.7 Å². The molecule has 0 aliphatic heterocycles. The van der Waals surface area contributed by atoms with Crippen LogP contribution in [0.25, 0.3) is 22.9 Å². The summed E-state index contributed by atoms with van der Waals surface area (Å²) in [5.41, 5.74) is 5.86. The van der Waals surface area contributed by atoms with Gasteiger partial charge in [-0.3, -0.25) is 10.1 Å². The Labute approximate surface area is 252 Å². The van der Waals surface area contributed by atoms with Crippen LogP contribution in [0.5, 0.6) is 0 Å². The highest BCUT2D eigenvalue weighted by atomic mass is 35.5. The fourth-order valence-corrected chi connectivity index (χ4v) is 4.75. The number of carbonyl (C=O) groups excluding carboxylic acids is 1. The minimum absolute atomic E-state index is 0.337. The molecule has 2 amide bonds. The lowest BCUT2D eigenvalue weighted by molar-refractivity contribution is -0.117. The molecule has 0 saturated heterocycles. The third kappa shape index (κ3) is 7.46. The van der Waals surface area contributed by atoms with Gasteiger partial charge in [-0.2, -0.15) is 14.9 Å². The normalized spacial score (nSPS) is 11.8. The highest BCUT2D eigenvalue weighted by Gasteiger charge is 2.19. The summed E-state index contributed by atoms with van der Waals surface area (Å²) in [5.74, 6) is -0.337. The lowest BCUT2D eigenvalue weighted by Crippen LogP contribution is -2.29. The lowest BCUT2D eigenvalue weighted by atomic mass is 9.98. The molecule has 2 aromatic heterocycles. The Morgan fingerprint density at radius 2 is 1.81 bits per heavy atom. The molecule has 3 N–H and O–H groups in total. The molecule has 0 fully saturated rings. The van der Waals surface area contributed by atoms with Crippen LogP contribution in [0.2, 0.25) is 5.02 Å². The number of amides is 2. The fraction of sp³-hybridized carbons (Fsp3) is 0.129. The van der Waals surface area contributed by atoms with Crippen molar-refractivity contribution in [3.05, 3.63) is 119 Å². The topological polar surface area (TPSA) is 148 Å². The van der Waals surface area contributed by atoms with Gasteiger partial charge in [-0.15, -0.1) is 5.10 Å². The van der Waals surface area contributed by atoms with Crippen LogP contribution in [0.3, 0.4) is 0 Å². The van der Waals surface area contributed by atoms with E-state index >= 15 is 0 Å². The number of aryl methyl sites for hydroxylation is 1. The molecule has 0 spiro atoms. The summed E-state index contributed by atoms with van der Waals surface area (Å²) in [6, 6.07) is 23.5. The molecule has 0 aliphatic carbocycles. The summed E-state index contributed by atoms with van der Waals surface area (Å²) in [6.45, 7) is 1.99. The van der Waals surface area contributed by atoms with E-state index in [1.807, 2.05) is 55.5 Å². The van der Waals surface area contributed by atoms with E-state index in [0.717, 1.165) is 22.4 Å². The van der Waals surface area contributed by atoms with Crippen molar-refractivity contribution in [1.29, 1.82) is 0 Å². The SMILES string of the molecule is CCc1nnc(C(Cc2ccccc2)NC(=O)C=Cc2cc(Cl)ccc2-n2cnnn2)cc1-c1ccc(NC(=O)O)cc1. The van der Waals surface area contributed by atoms with Gasteiger partial charge in [0.15, 0.2) is 0 Å². The quantitative estimate of drug-likeness (QED) is 0.179. The van der Waals surface area contributed by atoms with Gasteiger partial charge in [0.1, 0.15) is 6.33 Å². The molecule has 5 rings (SSSR count). The van der Waals surface area contributed by atoms with Crippen molar-refractivity contribution in [3.63, 3.8) is 0 Å². The van der Waals surface area contributed by atoms with Crippen molar-refractivity contribution in [2.75, 3.05) is 5.32 Å². The van der Waals surface area contributed by atoms with Crippen molar-refractivity contribution in [2.45, 2.75) is 25.8 Å². The standard InChI is InChI=1S/C31H27ClN8O3/c1-2-26-25(21-8-12-24(13-9-21)34-31(42)43)18-28(37-36-26)27(16-20-6-4-3-5-7-20)35-30(41)15-10-22-17-23(32)11-14-29(22)40-19-33-38-39-40/h3-15,17-19,27,34H,2,16H2,1H3,(H,35,41)(H,42,43). The molecule has 2 heterocycles. The third-order valence-corrected chi connectivity index (χ3v) is 6.86. The number of carbonyl (C=O) groups is 2. The predicted octanol–water partition coefficient (Wildman–Crippen LogP) is 5.54. The summed E-state index contributed by atoms with van der Waals surface area (Å²) in [5, 5.41) is 35.2. The first-order valence-corrected chi connectivity index (χ1v) is 13.8. The molecule has 0 radical (unpaired) electrons. The van der Waals surface area contributed by atoms with Gasteiger partial charge in [-0.1, -0.05) is 61.0 Å². The minimum Gasteiger partial charge on any atom is -0.465 e. The number of carboxylic acid groups (broad SMARTS) is 1. The average Bonchev–Trinajstić information content (AvgIpc) is 3.55. The Balaban J connectivity index is 1.45. The van der Waals surface area contributed by atoms with Gasteiger partial charge in [-0.05, 0) is 76.9 Å². The first-order chi connectivity index (χ1) is 20.9. The van der Waals surface area contributed by atoms with E-state index in [1.165, 1.54) is 17.1 Å². The van der Waals surface area contributed by atoms with Crippen LogP contribution in [-0.2, 0) is 17.6 Å². The Morgan fingerprint density at radius 1 is 1.02 bits per heavy atom. The minimum atomic E-state index is -1.13. The maximum Gasteiger partial charge on any atom is 0.409 e. The third-order valence-electron chi connectivity index (χ3n) is 6.63. The largest absolute Gasteiger partial charge is 0.465 e. The van der Waals surface area contributed by atoms with Crippen LogP contribution >= 0.6 is 11.6 Å². The number of anilines is 1. The van der Waals surface area contributed by atoms with Crippen molar-refractivity contribution in [1.82, 2.24) is 35.7 Å². The number of nitrogens with zero attached hydrogens (tertiary/aromatic N) is 6. The van der Waals surface area contributed by atoms with E-state index in [1.54, 1.807) is 36.4 Å². The number of halogens is 1. The Kier molecular flexibility index (Phi) is 9.13. The van der Waals surface area contributed by atoms with E-state index in [4.69, 9.17) is 16.7 Å². The maximum absolute atomic E-state index is 13.3. The van der Waals surface area contributed by atoms with E-state index < -0.39 is 12.1 Å². The molecule has 12 heteroatoms. The zero-order valence-corrected chi connectivity index (χ0v) is 23.8. The zero-order valence-electron chi connectivity index (χ0n) is 23.1. The molecular weight excluding hydrogens is 568 g/mol. The first-order valence-electron chi connectivity index (χ1n) is 13.4. The van der Waals surface area contributed by atoms with Gasteiger partial charge in [0.05, 0.1) is 23.1 Å². The summed E-state index contributed by atoms with van der Waals surface area (Å²) in [7, 11) is 0. The second kappa shape index (κ2) is 13.5. The number of nitrogens with one attached hydrogen (secondary N) is 2. The second-order valence-corrected chi connectivity index (χ2v) is 9.97. The van der Waals surface area contributed by atoms with Gasteiger partial charge in [0.25, 0.3) is 0 Å². The number of hydrogen-bond acceptors (Lipinski definition) is 7. The van der Waals surface area contributed by atoms with Crippen LogP contribution in [0, 0.1) is 0 Å². The van der Waals surface area contributed by atoms with Crippen LogP contribution in [0.1, 0.15) is 35.5 Å². The molecule has 216 valence electrons. The average molecular weight is 595 g/mol. The molecule has 11 nitrogen and oxygen atoms in total. The Bertz CT molecular complexity index is 1740. The maximum atomic E-state index is 13.3. The van der Waals surface area contributed by atoms with Gasteiger partial charge >= 0.3 is 6.09 Å². The summed E-state index contributed by atoms with van der Waals surface area (Å²) < 4.78 is 1.49. The van der Waals surface area contributed by atoms with Crippen molar-refractivity contribution in [2.24, 2.45) is 0 Å². The van der Waals surface area contributed by atoms with E-state index in [0.29, 0.717) is 40.5 Å². The highest BCUT2D eigenvalue weighted by Crippen LogP contribution is 2.28. The lowest BCUT2D eigenvalue weighted by Gasteiger charge is -2.19. The van der Waals surface area contributed by atoms with E-state index in [9.17, 15) is 9.59 Å². The Morgan fingerprint density at radius 3 is 2.51 bits per heavy atom. The van der Waals surface area contributed by atoms with E-state index in [-0.39, 0.29) is 5.91 Å². The molecular formula is C31H27ClN8O3. The number of aromatic nitrogens is 6. The molecule has 43 heavy (non-hydrogen) atoms. The summed E-state index contributed by atoms with van der Waals surface area (Å²) in [6.07, 6.45) is 4.53. The Hall–Kier alpha value is -5.42. The highest BCUT2D eigenvalue weighted by molar-refractivity contribution is 6.30. The first kappa shape index (κ1) is 29.1. The fourth-order valence-electron chi connectivity index (χ4n) is 4.57. The number of rotatable bonds is 10. The van der Waals surface area contributed by atoms with Gasteiger partial charge in [0.2, 0.25) is 5.91 Å². The second-order valence-electron chi connectivity index (χ2n) is 9.53. The van der Waals surface area contributed by atoms with Crippen LogP contribution in [-0.4, -0.2) is 47.5 Å². The molecule has 1 unspecified atom stereocenters. The molecule has 0 bridgehead atoms. The van der Waals surface area contributed by atoms with Crippen molar-refractivity contribution >= 4 is 35.4 Å². The summed E-state index contributed by atoms with van der Waals surface area (Å²) in [4.78, 5) is 24.3. The van der Waals surface area contributed by atoms with Crippen molar-refractivity contribution in [3.8, 4) is 16.8 Å². The number of hydrogen-bond donors (Lipinski definition) is 3. The monoisotopic (exact) mass is 594 g/mol. The smallest absolute Gasteiger partial charge is 0.409 e. The van der Waals surface area contributed by atoms with Gasteiger partial charge < -0.3 is 10.4 Å². The summed E-state index contributed by atoms with van der Waals surface area (Å²) >= 11 is 6.23.